The third-order valence-corrected chi connectivity index (χ3v) is 7.37. The SMILES string of the molecule is CC(C)c1ccc(C2=CCCCC2OC(=O)N2CCC(C)(c3noc(C4CC4)n3)CC2)cn1. The highest BCUT2D eigenvalue weighted by Gasteiger charge is 2.40. The van der Waals surface area contributed by atoms with Crippen molar-refractivity contribution in [1.29, 1.82) is 0 Å². The Kier molecular flexibility index (Phi) is 5.97. The fourth-order valence-electron chi connectivity index (χ4n) is 4.77. The van der Waals surface area contributed by atoms with Gasteiger partial charge in [0.2, 0.25) is 5.89 Å². The lowest BCUT2D eigenvalue weighted by atomic mass is 9.80. The van der Waals surface area contributed by atoms with Crippen molar-refractivity contribution in [2.24, 2.45) is 0 Å². The van der Waals surface area contributed by atoms with Crippen LogP contribution in [0.1, 0.15) is 101 Å². The molecule has 2 aromatic heterocycles. The summed E-state index contributed by atoms with van der Waals surface area (Å²) >= 11 is 0. The van der Waals surface area contributed by atoms with Crippen LogP contribution in [0.25, 0.3) is 5.57 Å². The molecule has 7 nitrogen and oxygen atoms in total. The Balaban J connectivity index is 1.21. The monoisotopic (exact) mass is 450 g/mol. The second kappa shape index (κ2) is 8.92. The van der Waals surface area contributed by atoms with Crippen LogP contribution in [0.3, 0.4) is 0 Å². The zero-order chi connectivity index (χ0) is 23.0. The smallest absolute Gasteiger partial charge is 0.410 e. The van der Waals surface area contributed by atoms with Crippen LogP contribution < -0.4 is 0 Å². The van der Waals surface area contributed by atoms with Crippen molar-refractivity contribution in [2.45, 2.75) is 89.1 Å². The van der Waals surface area contributed by atoms with Crippen molar-refractivity contribution in [1.82, 2.24) is 20.0 Å². The van der Waals surface area contributed by atoms with Gasteiger partial charge in [0.15, 0.2) is 5.82 Å². The molecule has 1 saturated carbocycles. The van der Waals surface area contributed by atoms with E-state index >= 15 is 0 Å². The van der Waals surface area contributed by atoms with E-state index < -0.39 is 0 Å². The van der Waals surface area contributed by atoms with Gasteiger partial charge < -0.3 is 14.2 Å². The number of nitrogens with zero attached hydrogens (tertiary/aromatic N) is 4. The van der Waals surface area contributed by atoms with Crippen molar-refractivity contribution < 1.29 is 14.1 Å². The molecule has 0 bridgehead atoms. The van der Waals surface area contributed by atoms with Crippen molar-refractivity contribution in [3.8, 4) is 0 Å². The predicted molar refractivity (Wildman–Crippen MR) is 125 cm³/mol. The van der Waals surface area contributed by atoms with Gasteiger partial charge in [0, 0.05) is 36.3 Å². The minimum absolute atomic E-state index is 0.160. The lowest BCUT2D eigenvalue weighted by Crippen LogP contribution is -2.45. The second-order valence-electron chi connectivity index (χ2n) is 10.4. The summed E-state index contributed by atoms with van der Waals surface area (Å²) in [6, 6.07) is 4.18. The zero-order valence-electron chi connectivity index (χ0n) is 19.9. The van der Waals surface area contributed by atoms with Gasteiger partial charge in [-0.2, -0.15) is 4.98 Å². The van der Waals surface area contributed by atoms with Gasteiger partial charge in [0.25, 0.3) is 0 Å². The van der Waals surface area contributed by atoms with Gasteiger partial charge in [-0.1, -0.05) is 38.1 Å². The molecule has 0 radical (unpaired) electrons. The highest BCUT2D eigenvalue weighted by molar-refractivity contribution is 5.74. The van der Waals surface area contributed by atoms with E-state index in [1.54, 1.807) is 0 Å². The normalized spacial score (nSPS) is 22.8. The molecule has 33 heavy (non-hydrogen) atoms. The largest absolute Gasteiger partial charge is 0.441 e. The number of carbonyl (C=O) groups is 1. The van der Waals surface area contributed by atoms with Crippen LogP contribution in [-0.4, -0.2) is 45.3 Å². The summed E-state index contributed by atoms with van der Waals surface area (Å²) in [5.74, 6) is 2.41. The first kappa shape index (κ1) is 22.1. The maximum absolute atomic E-state index is 13.0. The number of rotatable bonds is 5. The van der Waals surface area contributed by atoms with Crippen LogP contribution in [0.2, 0.25) is 0 Å². The minimum Gasteiger partial charge on any atom is -0.441 e. The molecule has 5 rings (SSSR count). The zero-order valence-corrected chi connectivity index (χ0v) is 19.9. The molecule has 1 atom stereocenters. The fourth-order valence-corrected chi connectivity index (χ4v) is 4.77. The summed E-state index contributed by atoms with van der Waals surface area (Å²) in [4.78, 5) is 24.1. The number of pyridine rings is 1. The molecule has 1 unspecified atom stereocenters. The average Bonchev–Trinajstić information content (AvgIpc) is 3.55. The molecule has 3 aliphatic rings. The molecular formula is C26H34N4O3. The van der Waals surface area contributed by atoms with Gasteiger partial charge in [-0.15, -0.1) is 0 Å². The van der Waals surface area contributed by atoms with E-state index in [4.69, 9.17) is 9.26 Å². The average molecular weight is 451 g/mol. The highest BCUT2D eigenvalue weighted by atomic mass is 16.6. The third kappa shape index (κ3) is 4.68. The number of hydrogen-bond donors (Lipinski definition) is 0. The molecule has 2 fully saturated rings. The first-order valence-electron chi connectivity index (χ1n) is 12.4. The Bertz CT molecular complexity index is 1010. The maximum Gasteiger partial charge on any atom is 0.410 e. The lowest BCUT2D eigenvalue weighted by Gasteiger charge is -2.37. The fraction of sp³-hybridized carbons (Fsp3) is 0.615. The molecule has 0 N–H and O–H groups in total. The van der Waals surface area contributed by atoms with E-state index in [1.165, 1.54) is 0 Å². The number of carbonyl (C=O) groups excluding carboxylic acids is 1. The summed E-state index contributed by atoms with van der Waals surface area (Å²) in [5, 5.41) is 4.26. The van der Waals surface area contributed by atoms with E-state index in [2.05, 4.69) is 54.1 Å². The Labute approximate surface area is 195 Å². The van der Waals surface area contributed by atoms with Gasteiger partial charge in [-0.3, -0.25) is 4.98 Å². The minimum atomic E-state index is -0.228. The molecular weight excluding hydrogens is 416 g/mol. The number of allylic oxidation sites excluding steroid dienone is 1. The lowest BCUT2D eigenvalue weighted by molar-refractivity contribution is 0.0636. The molecule has 7 heteroatoms. The number of ether oxygens (including phenoxy) is 1. The van der Waals surface area contributed by atoms with Crippen molar-refractivity contribution in [3.05, 3.63) is 47.4 Å². The van der Waals surface area contributed by atoms with Crippen LogP contribution in [0, 0.1) is 0 Å². The highest BCUT2D eigenvalue weighted by Crippen LogP contribution is 2.41. The van der Waals surface area contributed by atoms with Crippen LogP contribution >= 0.6 is 0 Å². The quantitative estimate of drug-likeness (QED) is 0.590. The summed E-state index contributed by atoms with van der Waals surface area (Å²) in [6.07, 6.45) is 10.5. The van der Waals surface area contributed by atoms with Crippen molar-refractivity contribution in [2.75, 3.05) is 13.1 Å². The van der Waals surface area contributed by atoms with Gasteiger partial charge in [-0.05, 0) is 68.1 Å². The van der Waals surface area contributed by atoms with E-state index in [0.717, 1.165) is 73.5 Å². The number of aromatic nitrogens is 3. The number of piperidine rings is 1. The van der Waals surface area contributed by atoms with Crippen molar-refractivity contribution >= 4 is 11.7 Å². The third-order valence-electron chi connectivity index (χ3n) is 7.37. The first-order valence-corrected chi connectivity index (χ1v) is 12.4. The van der Waals surface area contributed by atoms with E-state index in [-0.39, 0.29) is 17.6 Å². The molecule has 0 spiro atoms. The summed E-state index contributed by atoms with van der Waals surface area (Å²) < 4.78 is 11.5. The molecule has 176 valence electrons. The Hall–Kier alpha value is -2.70. The van der Waals surface area contributed by atoms with Crippen molar-refractivity contribution in [3.63, 3.8) is 0 Å². The number of amides is 1. The Morgan fingerprint density at radius 3 is 2.67 bits per heavy atom. The van der Waals surface area contributed by atoms with Gasteiger partial charge >= 0.3 is 6.09 Å². The topological polar surface area (TPSA) is 81.4 Å². The first-order chi connectivity index (χ1) is 15.9. The van der Waals surface area contributed by atoms with Crippen LogP contribution in [0.15, 0.2) is 28.9 Å². The molecule has 1 saturated heterocycles. The second-order valence-corrected chi connectivity index (χ2v) is 10.4. The Morgan fingerprint density at radius 1 is 1.21 bits per heavy atom. The Morgan fingerprint density at radius 2 is 2.00 bits per heavy atom. The standard InChI is InChI=1S/C26H34N4O3/c1-17(2)21-11-10-19(16-27-21)20-6-4-5-7-22(20)32-25(31)30-14-12-26(3,13-15-30)24-28-23(33-29-24)18-8-9-18/h6,10-11,16-18,22H,4-5,7-9,12-15H2,1-3H3. The summed E-state index contributed by atoms with van der Waals surface area (Å²) in [6.45, 7) is 7.73. The van der Waals surface area contributed by atoms with E-state index in [9.17, 15) is 4.79 Å². The number of likely N-dealkylation sites (tertiary alicyclic amines) is 1. The van der Waals surface area contributed by atoms with Gasteiger partial charge in [0.1, 0.15) is 6.10 Å². The van der Waals surface area contributed by atoms with Crippen LogP contribution in [-0.2, 0) is 10.2 Å². The van der Waals surface area contributed by atoms with Crippen LogP contribution in [0.5, 0.6) is 0 Å². The summed E-state index contributed by atoms with van der Waals surface area (Å²) in [5.41, 5.74) is 3.05. The molecule has 1 amide bonds. The number of hydrogen-bond acceptors (Lipinski definition) is 6. The van der Waals surface area contributed by atoms with E-state index in [1.807, 2.05) is 11.1 Å². The molecule has 2 aromatic rings. The maximum atomic E-state index is 13.0. The molecule has 3 heterocycles. The van der Waals surface area contributed by atoms with Crippen LogP contribution in [0.4, 0.5) is 4.79 Å². The predicted octanol–water partition coefficient (Wildman–Crippen LogP) is 5.59. The summed E-state index contributed by atoms with van der Waals surface area (Å²) in [7, 11) is 0. The molecule has 0 aromatic carbocycles. The molecule has 2 aliphatic carbocycles. The van der Waals surface area contributed by atoms with E-state index in [0.29, 0.717) is 24.9 Å². The van der Waals surface area contributed by atoms with Gasteiger partial charge in [-0.25, -0.2) is 4.79 Å². The van der Waals surface area contributed by atoms with Gasteiger partial charge in [0.05, 0.1) is 0 Å². The molecule has 1 aliphatic heterocycles.